The number of hydrogen-bond donors (Lipinski definition) is 3. The molecule has 2 aromatic heterocycles. The van der Waals surface area contributed by atoms with Crippen LogP contribution in [-0.2, 0) is 25.5 Å². The number of thiazole rings is 1. The molecule has 2 aromatic carbocycles. The second-order valence-electron chi connectivity index (χ2n) is 10.2. The van der Waals surface area contributed by atoms with E-state index in [0.29, 0.717) is 27.7 Å². The third-order valence-electron chi connectivity index (χ3n) is 5.61. The van der Waals surface area contributed by atoms with Gasteiger partial charge in [-0.3, -0.25) is 4.72 Å². The predicted octanol–water partition coefficient (Wildman–Crippen LogP) is 4.74. The molecule has 0 bridgehead atoms. The summed E-state index contributed by atoms with van der Waals surface area (Å²) in [4.78, 5) is 12.8. The van der Waals surface area contributed by atoms with Crippen molar-refractivity contribution < 1.29 is 30.0 Å². The molecule has 0 atom stereocenters. The highest BCUT2D eigenvalue weighted by Gasteiger charge is 2.27. The highest BCUT2D eigenvalue weighted by atomic mass is 32.2. The van der Waals surface area contributed by atoms with E-state index in [0.717, 1.165) is 18.4 Å². The summed E-state index contributed by atoms with van der Waals surface area (Å²) in [6.07, 6.45) is 2.52. The Bertz CT molecular complexity index is 1840. The van der Waals surface area contributed by atoms with Crippen molar-refractivity contribution >= 4 is 43.0 Å². The molecule has 2 heterocycles. The molecule has 0 aliphatic rings. The molecule has 0 amide bonds. The zero-order valence-corrected chi connectivity index (χ0v) is 25.3. The molecule has 0 fully saturated rings. The van der Waals surface area contributed by atoms with E-state index in [4.69, 9.17) is 0 Å². The highest BCUT2D eigenvalue weighted by Crippen LogP contribution is 2.42. The molecule has 0 aliphatic heterocycles. The van der Waals surface area contributed by atoms with Gasteiger partial charge in [0.05, 0.1) is 33.2 Å². The van der Waals surface area contributed by atoms with Crippen molar-refractivity contribution in [2.45, 2.75) is 31.1 Å². The molecular formula is C26H27F3N6O4S3. The summed E-state index contributed by atoms with van der Waals surface area (Å²) in [6.45, 7) is 6.07. The van der Waals surface area contributed by atoms with Gasteiger partial charge in [-0.2, -0.15) is 0 Å². The molecule has 16 heteroatoms. The van der Waals surface area contributed by atoms with Crippen LogP contribution in [-0.4, -0.2) is 51.1 Å². The van der Waals surface area contributed by atoms with Crippen LogP contribution in [0.4, 0.5) is 24.8 Å². The number of rotatable bonds is 10. The third kappa shape index (κ3) is 7.42. The minimum absolute atomic E-state index is 0.0536. The maximum atomic E-state index is 15.9. The minimum Gasteiger partial charge on any atom is -0.353 e. The smallest absolute Gasteiger partial charge is 0.265 e. The van der Waals surface area contributed by atoms with E-state index >= 15 is 4.39 Å². The van der Waals surface area contributed by atoms with E-state index in [1.807, 2.05) is 25.5 Å². The van der Waals surface area contributed by atoms with Crippen LogP contribution in [0.5, 0.6) is 0 Å². The summed E-state index contributed by atoms with van der Waals surface area (Å²) < 4.78 is 96.4. The summed E-state index contributed by atoms with van der Waals surface area (Å²) in [5.74, 6) is -2.96. The number of anilines is 2. The third-order valence-corrected chi connectivity index (χ3v) is 9.22. The van der Waals surface area contributed by atoms with Crippen molar-refractivity contribution in [1.29, 1.82) is 0 Å². The van der Waals surface area contributed by atoms with E-state index in [2.05, 4.69) is 25.0 Å². The van der Waals surface area contributed by atoms with Gasteiger partial charge in [-0.1, -0.05) is 26.8 Å². The first-order valence-electron chi connectivity index (χ1n) is 12.3. The zero-order valence-electron chi connectivity index (χ0n) is 22.9. The van der Waals surface area contributed by atoms with Crippen LogP contribution in [0, 0.1) is 17.5 Å². The second kappa shape index (κ2) is 11.9. The van der Waals surface area contributed by atoms with Crippen molar-refractivity contribution in [1.82, 2.24) is 19.7 Å². The van der Waals surface area contributed by atoms with Gasteiger partial charge in [0.15, 0.2) is 5.82 Å². The first kappa shape index (κ1) is 31.3. The molecule has 0 aliphatic carbocycles. The first-order chi connectivity index (χ1) is 19.5. The van der Waals surface area contributed by atoms with Gasteiger partial charge in [0.25, 0.3) is 10.0 Å². The molecule has 3 N–H and O–H groups in total. The van der Waals surface area contributed by atoms with Crippen molar-refractivity contribution in [3.63, 3.8) is 0 Å². The lowest BCUT2D eigenvalue weighted by Gasteiger charge is -2.14. The average molecular weight is 641 g/mol. The summed E-state index contributed by atoms with van der Waals surface area (Å²) >= 11 is 1.27. The molecule has 0 unspecified atom stereocenters. The Morgan fingerprint density at radius 3 is 2.38 bits per heavy atom. The van der Waals surface area contributed by atoms with Crippen LogP contribution in [0.1, 0.15) is 25.8 Å². The van der Waals surface area contributed by atoms with Gasteiger partial charge in [0.2, 0.25) is 16.0 Å². The predicted molar refractivity (Wildman–Crippen MR) is 156 cm³/mol. The molecule has 4 rings (SSSR count). The number of benzene rings is 2. The number of halogens is 3. The Kier molecular flexibility index (Phi) is 8.92. The molecule has 4 aromatic rings. The Labute approximate surface area is 245 Å². The van der Waals surface area contributed by atoms with Crippen LogP contribution >= 0.6 is 11.3 Å². The summed E-state index contributed by atoms with van der Waals surface area (Å²) in [5, 5.41) is 3.56. The standard InChI is InChI=1S/C26H27F3N6O4S3/c1-26(2,3)24-34-22(23(40-24)19-10-11-30-25(33-19)31-12-13-32-41(4,36)37)16-6-5-7-18(21(16)29)35-42(38,39)20-14-15(27)8-9-17(20)28/h5-11,14,32,35H,12-13H2,1-4H3,(H,30,31,33). The number of nitrogens with zero attached hydrogens (tertiary/aromatic N) is 3. The number of sulfonamides is 2. The van der Waals surface area contributed by atoms with Crippen molar-refractivity contribution in [2.24, 2.45) is 0 Å². The van der Waals surface area contributed by atoms with Crippen molar-refractivity contribution in [3.05, 3.63) is 71.1 Å². The summed E-state index contributed by atoms with van der Waals surface area (Å²) in [7, 11) is -8.06. The van der Waals surface area contributed by atoms with Gasteiger partial charge in [-0.25, -0.2) is 49.7 Å². The van der Waals surface area contributed by atoms with Crippen molar-refractivity contribution in [3.8, 4) is 21.8 Å². The Morgan fingerprint density at radius 2 is 1.69 bits per heavy atom. The molecule has 0 saturated heterocycles. The fourth-order valence-electron chi connectivity index (χ4n) is 3.65. The van der Waals surface area contributed by atoms with Crippen LogP contribution in [0.25, 0.3) is 21.8 Å². The number of aromatic nitrogens is 3. The molecule has 42 heavy (non-hydrogen) atoms. The monoisotopic (exact) mass is 640 g/mol. The lowest BCUT2D eigenvalue weighted by atomic mass is 9.98. The van der Waals surface area contributed by atoms with Crippen LogP contribution in [0.2, 0.25) is 0 Å². The van der Waals surface area contributed by atoms with Gasteiger partial charge in [-0.05, 0) is 36.4 Å². The van der Waals surface area contributed by atoms with Gasteiger partial charge in [0.1, 0.15) is 16.5 Å². The Morgan fingerprint density at radius 1 is 0.952 bits per heavy atom. The first-order valence-corrected chi connectivity index (χ1v) is 16.5. The van der Waals surface area contributed by atoms with Crippen LogP contribution in [0.15, 0.2) is 53.6 Å². The van der Waals surface area contributed by atoms with E-state index in [1.165, 1.54) is 29.7 Å². The normalized spacial score (nSPS) is 12.4. The summed E-state index contributed by atoms with van der Waals surface area (Å²) in [5.41, 5.74) is -0.409. The van der Waals surface area contributed by atoms with E-state index in [9.17, 15) is 25.6 Å². The molecule has 0 radical (unpaired) electrons. The molecular weight excluding hydrogens is 614 g/mol. The fourth-order valence-corrected chi connectivity index (χ4v) is 6.38. The van der Waals surface area contributed by atoms with Crippen molar-refractivity contribution in [2.75, 3.05) is 29.4 Å². The summed E-state index contributed by atoms with van der Waals surface area (Å²) in [6, 6.07) is 7.51. The Hall–Kier alpha value is -3.60. The number of nitrogens with one attached hydrogen (secondary N) is 3. The maximum Gasteiger partial charge on any atom is 0.265 e. The van der Waals surface area contributed by atoms with Gasteiger partial charge >= 0.3 is 0 Å². The van der Waals surface area contributed by atoms with Gasteiger partial charge < -0.3 is 5.32 Å². The molecule has 0 spiro atoms. The Balaban J connectivity index is 1.73. The lowest BCUT2D eigenvalue weighted by Crippen LogP contribution is -2.28. The van der Waals surface area contributed by atoms with Crippen LogP contribution < -0.4 is 14.8 Å². The average Bonchev–Trinajstić information content (AvgIpc) is 3.35. The van der Waals surface area contributed by atoms with Crippen LogP contribution in [0.3, 0.4) is 0 Å². The van der Waals surface area contributed by atoms with E-state index < -0.39 is 53.5 Å². The lowest BCUT2D eigenvalue weighted by molar-refractivity contribution is 0.555. The molecule has 10 nitrogen and oxygen atoms in total. The van der Waals surface area contributed by atoms with Gasteiger partial charge in [-0.15, -0.1) is 11.3 Å². The van der Waals surface area contributed by atoms with E-state index in [-0.39, 0.29) is 30.3 Å². The number of hydrogen-bond acceptors (Lipinski definition) is 9. The van der Waals surface area contributed by atoms with Gasteiger partial charge in [0, 0.05) is 30.3 Å². The molecule has 224 valence electrons. The fraction of sp³-hybridized carbons (Fsp3) is 0.269. The second-order valence-corrected chi connectivity index (χ2v) is 14.6. The van der Waals surface area contributed by atoms with E-state index in [1.54, 1.807) is 6.07 Å². The topological polar surface area (TPSA) is 143 Å². The SMILES string of the molecule is CC(C)(C)c1nc(-c2cccc(NS(=O)(=O)c3cc(F)ccc3F)c2F)c(-c2ccnc(NCCNS(C)(=O)=O)n2)s1. The molecule has 0 saturated carbocycles. The zero-order chi connectivity index (χ0) is 30.9. The minimum atomic E-state index is -4.69. The quantitative estimate of drug-likeness (QED) is 0.211. The largest absolute Gasteiger partial charge is 0.353 e. The highest BCUT2D eigenvalue weighted by molar-refractivity contribution is 7.92. The maximum absolute atomic E-state index is 15.9.